The molecule has 2 aromatic carbocycles. The number of rotatable bonds is 1. The lowest BCUT2D eigenvalue weighted by Gasteiger charge is -2.15. The highest BCUT2D eigenvalue weighted by molar-refractivity contribution is 5.70. The van der Waals surface area contributed by atoms with Crippen LogP contribution in [-0.2, 0) is 6.18 Å². The van der Waals surface area contributed by atoms with Crippen molar-refractivity contribution in [1.82, 2.24) is 0 Å². The van der Waals surface area contributed by atoms with Gasteiger partial charge in [-0.3, -0.25) is 0 Å². The molecule has 0 nitrogen and oxygen atoms in total. The predicted molar refractivity (Wildman–Crippen MR) is 56.6 cm³/mol. The summed E-state index contributed by atoms with van der Waals surface area (Å²) in [5, 5.41) is 0. The Bertz CT molecular complexity index is 717. The molecule has 118 valence electrons. The van der Waals surface area contributed by atoms with Crippen molar-refractivity contribution >= 4 is 0 Å². The molecule has 0 aliphatic carbocycles. The van der Waals surface area contributed by atoms with E-state index < -0.39 is 57.8 Å². The van der Waals surface area contributed by atoms with Crippen LogP contribution in [0.4, 0.5) is 39.5 Å². The first-order valence-electron chi connectivity index (χ1n) is 5.44. The number of alkyl halides is 3. The molecule has 0 bridgehead atoms. The highest BCUT2D eigenvalue weighted by Gasteiger charge is 2.39. The van der Waals surface area contributed by atoms with Gasteiger partial charge in [0.15, 0.2) is 23.3 Å². The molecule has 0 amide bonds. The number of halogens is 9. The molecule has 0 aromatic heterocycles. The molecule has 9 heteroatoms. The Balaban J connectivity index is 2.94. The predicted octanol–water partition coefficient (Wildman–Crippen LogP) is 5.21. The third kappa shape index (κ3) is 2.40. The van der Waals surface area contributed by atoms with Gasteiger partial charge in [0.1, 0.15) is 5.82 Å². The van der Waals surface area contributed by atoms with Crippen LogP contribution < -0.4 is 0 Å². The van der Waals surface area contributed by atoms with Gasteiger partial charge in [-0.15, -0.1) is 0 Å². The molecule has 0 N–H and O–H groups in total. The summed E-state index contributed by atoms with van der Waals surface area (Å²) in [4.78, 5) is 0. The van der Waals surface area contributed by atoms with E-state index in [1.54, 1.807) is 0 Å². The zero-order valence-electron chi connectivity index (χ0n) is 10.1. The average molecular weight is 330 g/mol. The van der Waals surface area contributed by atoms with E-state index in [0.29, 0.717) is 18.2 Å². The van der Waals surface area contributed by atoms with Crippen LogP contribution in [0.5, 0.6) is 0 Å². The Labute approximate surface area is 116 Å². The zero-order valence-corrected chi connectivity index (χ0v) is 10.1. The molecule has 2 rings (SSSR count). The molecule has 2 aromatic rings. The fourth-order valence-electron chi connectivity index (χ4n) is 1.86. The summed E-state index contributed by atoms with van der Waals surface area (Å²) in [6.07, 6.45) is -5.40. The highest BCUT2D eigenvalue weighted by Crippen LogP contribution is 2.41. The van der Waals surface area contributed by atoms with Gasteiger partial charge in [0.2, 0.25) is 5.82 Å². The van der Waals surface area contributed by atoms with E-state index in [1.165, 1.54) is 0 Å². The van der Waals surface area contributed by atoms with E-state index in [4.69, 9.17) is 0 Å². The van der Waals surface area contributed by atoms with Crippen LogP contribution in [0.2, 0.25) is 0 Å². The van der Waals surface area contributed by atoms with Crippen LogP contribution in [0.3, 0.4) is 0 Å². The van der Waals surface area contributed by atoms with Crippen LogP contribution in [0.25, 0.3) is 11.1 Å². The van der Waals surface area contributed by atoms with E-state index in [9.17, 15) is 39.5 Å². The van der Waals surface area contributed by atoms with Crippen LogP contribution in [0, 0.1) is 34.9 Å². The summed E-state index contributed by atoms with van der Waals surface area (Å²) in [7, 11) is 0. The van der Waals surface area contributed by atoms with E-state index in [2.05, 4.69) is 0 Å². The third-order valence-electron chi connectivity index (χ3n) is 2.78. The molecule has 0 spiro atoms. The molecular formula is C13H3F9. The van der Waals surface area contributed by atoms with Gasteiger partial charge in [0, 0.05) is 5.56 Å². The van der Waals surface area contributed by atoms with Crippen molar-refractivity contribution in [1.29, 1.82) is 0 Å². The SMILES string of the molecule is Fc1cccc(-c2c(F)c(F)c(F)c(F)c2F)c1C(F)(F)F. The van der Waals surface area contributed by atoms with Gasteiger partial charge in [-0.2, -0.15) is 13.2 Å². The number of benzene rings is 2. The van der Waals surface area contributed by atoms with Gasteiger partial charge in [0.25, 0.3) is 0 Å². The summed E-state index contributed by atoms with van der Waals surface area (Å²) in [6, 6.07) is 1.40. The van der Waals surface area contributed by atoms with Crippen molar-refractivity contribution in [2.75, 3.05) is 0 Å². The summed E-state index contributed by atoms with van der Waals surface area (Å²) in [5.74, 6) is -14.2. The Kier molecular flexibility index (Phi) is 3.84. The van der Waals surface area contributed by atoms with Crippen molar-refractivity contribution in [3.05, 3.63) is 58.7 Å². The molecule has 0 heterocycles. The topological polar surface area (TPSA) is 0 Å². The second-order valence-electron chi connectivity index (χ2n) is 4.11. The fraction of sp³-hybridized carbons (Fsp3) is 0.0769. The molecule has 0 saturated heterocycles. The van der Waals surface area contributed by atoms with Gasteiger partial charge >= 0.3 is 6.18 Å². The van der Waals surface area contributed by atoms with Crippen molar-refractivity contribution in [2.45, 2.75) is 6.18 Å². The first-order chi connectivity index (χ1) is 10.1. The van der Waals surface area contributed by atoms with Gasteiger partial charge < -0.3 is 0 Å². The summed E-state index contributed by atoms with van der Waals surface area (Å²) >= 11 is 0. The molecular weight excluding hydrogens is 327 g/mol. The number of hydrogen-bond donors (Lipinski definition) is 0. The molecule has 0 atom stereocenters. The molecule has 0 radical (unpaired) electrons. The van der Waals surface area contributed by atoms with Gasteiger partial charge in [-0.1, -0.05) is 12.1 Å². The lowest BCUT2D eigenvalue weighted by molar-refractivity contribution is -0.139. The van der Waals surface area contributed by atoms with Crippen LogP contribution in [-0.4, -0.2) is 0 Å². The highest BCUT2D eigenvalue weighted by atomic mass is 19.4. The fourth-order valence-corrected chi connectivity index (χ4v) is 1.86. The smallest absolute Gasteiger partial charge is 0.206 e. The normalized spacial score (nSPS) is 11.9. The average Bonchev–Trinajstić information content (AvgIpc) is 2.42. The third-order valence-corrected chi connectivity index (χ3v) is 2.78. The maximum absolute atomic E-state index is 13.6. The maximum Gasteiger partial charge on any atom is 0.419 e. The van der Waals surface area contributed by atoms with Crippen molar-refractivity contribution in [3.8, 4) is 11.1 Å². The second kappa shape index (κ2) is 5.22. The van der Waals surface area contributed by atoms with Crippen LogP contribution >= 0.6 is 0 Å². The van der Waals surface area contributed by atoms with E-state index in [1.807, 2.05) is 0 Å². The molecule has 22 heavy (non-hydrogen) atoms. The second-order valence-corrected chi connectivity index (χ2v) is 4.11. The lowest BCUT2D eigenvalue weighted by Crippen LogP contribution is -2.13. The monoisotopic (exact) mass is 330 g/mol. The molecule has 0 aliphatic rings. The number of hydrogen-bond acceptors (Lipinski definition) is 0. The quantitative estimate of drug-likeness (QED) is 0.383. The van der Waals surface area contributed by atoms with Gasteiger partial charge in [0.05, 0.1) is 11.1 Å². The minimum Gasteiger partial charge on any atom is -0.206 e. The van der Waals surface area contributed by atoms with E-state index in [0.717, 1.165) is 0 Å². The Hall–Kier alpha value is -2.19. The van der Waals surface area contributed by atoms with Crippen LogP contribution in [0.1, 0.15) is 5.56 Å². The minimum absolute atomic E-state index is 0.346. The maximum atomic E-state index is 13.6. The Morgan fingerprint density at radius 2 is 1.09 bits per heavy atom. The summed E-state index contributed by atoms with van der Waals surface area (Å²) in [6.45, 7) is 0. The molecule has 0 aliphatic heterocycles. The lowest BCUT2D eigenvalue weighted by atomic mass is 9.97. The zero-order chi connectivity index (χ0) is 16.8. The first kappa shape index (κ1) is 16.2. The first-order valence-corrected chi connectivity index (χ1v) is 5.44. The van der Waals surface area contributed by atoms with Gasteiger partial charge in [-0.05, 0) is 6.07 Å². The molecule has 0 saturated carbocycles. The van der Waals surface area contributed by atoms with Crippen molar-refractivity contribution in [3.63, 3.8) is 0 Å². The van der Waals surface area contributed by atoms with E-state index >= 15 is 0 Å². The van der Waals surface area contributed by atoms with Gasteiger partial charge in [-0.25, -0.2) is 26.3 Å². The van der Waals surface area contributed by atoms with E-state index in [-0.39, 0.29) is 0 Å². The molecule has 0 unspecified atom stereocenters. The van der Waals surface area contributed by atoms with Crippen molar-refractivity contribution in [2.24, 2.45) is 0 Å². The standard InChI is InChI=1S/C13H3F9/c14-5-3-1-2-4(7(5)13(20,21)22)6-8(15)10(17)12(19)11(18)9(6)16/h1-3H. The summed E-state index contributed by atoms with van der Waals surface area (Å²) < 4.78 is 118. The minimum atomic E-state index is -5.40. The summed E-state index contributed by atoms with van der Waals surface area (Å²) in [5.41, 5.74) is -5.46. The van der Waals surface area contributed by atoms with Crippen LogP contribution in [0.15, 0.2) is 18.2 Å². The molecule has 0 fully saturated rings. The Morgan fingerprint density at radius 1 is 0.636 bits per heavy atom. The largest absolute Gasteiger partial charge is 0.419 e. The Morgan fingerprint density at radius 3 is 1.55 bits per heavy atom. The van der Waals surface area contributed by atoms with Crippen molar-refractivity contribution < 1.29 is 39.5 Å².